The minimum absolute atomic E-state index is 0. The average molecular weight is 476 g/mol. The van der Waals surface area contributed by atoms with E-state index in [1.165, 1.54) is 11.1 Å². The molecule has 1 saturated heterocycles. The highest BCUT2D eigenvalue weighted by atomic mass is 79.9. The molecule has 1 heterocycles. The first-order valence-corrected chi connectivity index (χ1v) is 9.34. The molecule has 3 rings (SSSR count). The largest absolute Gasteiger partial charge is 0.480 e. The van der Waals surface area contributed by atoms with Crippen LogP contribution in [-0.4, -0.2) is 53.1 Å². The van der Waals surface area contributed by atoms with Gasteiger partial charge in [-0.25, -0.2) is 0 Å². The maximum atomic E-state index is 11.0. The number of halogens is 3. The van der Waals surface area contributed by atoms with Gasteiger partial charge < -0.3 is 5.11 Å². The standard InChI is InChI=1S/C20H23BrN2O2.2ClH/c1-15-13-23(12-11-22(15)14-19(24)25)20(16-5-3-2-4-6-16)17-7-9-18(21)10-8-17;;/h2-10,15,20H,11-14H2,1H3,(H,24,25);2*1H/t15?,20-;;/m1../s1. The van der Waals surface area contributed by atoms with Gasteiger partial charge >= 0.3 is 5.97 Å². The first-order chi connectivity index (χ1) is 12.0. The van der Waals surface area contributed by atoms with Crippen LogP contribution in [0.3, 0.4) is 0 Å². The zero-order valence-electron chi connectivity index (χ0n) is 15.1. The topological polar surface area (TPSA) is 43.8 Å². The van der Waals surface area contributed by atoms with Crippen molar-refractivity contribution in [1.82, 2.24) is 9.80 Å². The summed E-state index contributed by atoms with van der Waals surface area (Å²) in [5, 5.41) is 9.08. The van der Waals surface area contributed by atoms with Crippen LogP contribution in [0.1, 0.15) is 24.1 Å². The first kappa shape index (κ1) is 23.9. The number of rotatable bonds is 5. The molecule has 0 spiro atoms. The summed E-state index contributed by atoms with van der Waals surface area (Å²) < 4.78 is 1.07. The minimum Gasteiger partial charge on any atom is -0.480 e. The number of benzene rings is 2. The van der Waals surface area contributed by atoms with Crippen LogP contribution in [0, 0.1) is 0 Å². The van der Waals surface area contributed by atoms with Crippen LogP contribution in [0.5, 0.6) is 0 Å². The summed E-state index contributed by atoms with van der Waals surface area (Å²) in [6.45, 7) is 4.70. The van der Waals surface area contributed by atoms with Crippen LogP contribution in [0.25, 0.3) is 0 Å². The Balaban J connectivity index is 0.00000182. The molecule has 0 aliphatic carbocycles. The van der Waals surface area contributed by atoms with Crippen molar-refractivity contribution in [2.45, 2.75) is 19.0 Å². The fourth-order valence-electron chi connectivity index (χ4n) is 3.56. The van der Waals surface area contributed by atoms with Gasteiger partial charge in [-0.05, 0) is 30.2 Å². The molecule has 2 aromatic carbocycles. The predicted molar refractivity (Wildman–Crippen MR) is 117 cm³/mol. The number of carboxylic acids is 1. The van der Waals surface area contributed by atoms with Crippen LogP contribution in [0.15, 0.2) is 59.1 Å². The third-order valence-corrected chi connectivity index (χ3v) is 5.33. The molecular formula is C20H25BrCl2N2O2. The van der Waals surface area contributed by atoms with Crippen LogP contribution in [0.4, 0.5) is 0 Å². The van der Waals surface area contributed by atoms with Gasteiger partial charge in [0.2, 0.25) is 0 Å². The van der Waals surface area contributed by atoms with E-state index >= 15 is 0 Å². The highest BCUT2D eigenvalue weighted by Gasteiger charge is 2.30. The zero-order valence-corrected chi connectivity index (χ0v) is 18.3. The Morgan fingerprint density at radius 3 is 2.22 bits per heavy atom. The molecule has 1 unspecified atom stereocenters. The maximum absolute atomic E-state index is 11.0. The van der Waals surface area contributed by atoms with E-state index in [0.717, 1.165) is 24.1 Å². The maximum Gasteiger partial charge on any atom is 0.317 e. The molecule has 2 aromatic rings. The fourth-order valence-corrected chi connectivity index (χ4v) is 3.83. The highest BCUT2D eigenvalue weighted by Crippen LogP contribution is 2.31. The third-order valence-electron chi connectivity index (χ3n) is 4.80. The Morgan fingerprint density at radius 2 is 1.67 bits per heavy atom. The summed E-state index contributed by atoms with van der Waals surface area (Å²) in [7, 11) is 0. The van der Waals surface area contributed by atoms with Crippen LogP contribution in [-0.2, 0) is 4.79 Å². The van der Waals surface area contributed by atoms with Gasteiger partial charge in [-0.1, -0.05) is 58.4 Å². The molecule has 27 heavy (non-hydrogen) atoms. The lowest BCUT2D eigenvalue weighted by atomic mass is 9.95. The summed E-state index contributed by atoms with van der Waals surface area (Å²) >= 11 is 3.51. The molecule has 0 radical (unpaired) electrons. The summed E-state index contributed by atoms with van der Waals surface area (Å²) in [5.74, 6) is -0.757. The molecular weight excluding hydrogens is 451 g/mol. The number of hydrogen-bond acceptors (Lipinski definition) is 3. The Hall–Kier alpha value is -1.11. The number of carboxylic acid groups (broad SMARTS) is 1. The van der Waals surface area contributed by atoms with Crippen molar-refractivity contribution in [3.05, 3.63) is 70.2 Å². The molecule has 148 valence electrons. The highest BCUT2D eigenvalue weighted by molar-refractivity contribution is 9.10. The third kappa shape index (κ3) is 6.19. The van der Waals surface area contributed by atoms with Gasteiger partial charge in [0.15, 0.2) is 0 Å². The number of piperazine rings is 1. The predicted octanol–water partition coefficient (Wildman–Crippen LogP) is 4.47. The summed E-state index contributed by atoms with van der Waals surface area (Å²) in [6.07, 6.45) is 0. The van der Waals surface area contributed by atoms with Gasteiger partial charge in [-0.3, -0.25) is 14.6 Å². The summed E-state index contributed by atoms with van der Waals surface area (Å²) in [6, 6.07) is 19.4. The molecule has 1 fully saturated rings. The van der Waals surface area contributed by atoms with Crippen LogP contribution >= 0.6 is 40.7 Å². The van der Waals surface area contributed by atoms with Crippen molar-refractivity contribution >= 4 is 46.7 Å². The molecule has 1 N–H and O–H groups in total. The van der Waals surface area contributed by atoms with Crippen LogP contribution in [0.2, 0.25) is 0 Å². The quantitative estimate of drug-likeness (QED) is 0.692. The number of carbonyl (C=O) groups is 1. The monoisotopic (exact) mass is 474 g/mol. The fraction of sp³-hybridized carbons (Fsp3) is 0.350. The van der Waals surface area contributed by atoms with E-state index in [1.54, 1.807) is 0 Å². The van der Waals surface area contributed by atoms with E-state index in [4.69, 9.17) is 5.11 Å². The molecule has 2 atom stereocenters. The molecule has 7 heteroatoms. The van der Waals surface area contributed by atoms with Gasteiger partial charge in [-0.15, -0.1) is 24.8 Å². The minimum atomic E-state index is -0.757. The molecule has 0 amide bonds. The lowest BCUT2D eigenvalue weighted by molar-refractivity contribution is -0.139. The summed E-state index contributed by atoms with van der Waals surface area (Å²) in [4.78, 5) is 15.5. The van der Waals surface area contributed by atoms with Gasteiger partial charge in [-0.2, -0.15) is 0 Å². The lowest BCUT2D eigenvalue weighted by Gasteiger charge is -2.43. The van der Waals surface area contributed by atoms with Crippen molar-refractivity contribution in [2.75, 3.05) is 26.2 Å². The molecule has 1 aliphatic heterocycles. The van der Waals surface area contributed by atoms with E-state index in [2.05, 4.69) is 76.3 Å². The Morgan fingerprint density at radius 1 is 1.07 bits per heavy atom. The van der Waals surface area contributed by atoms with Crippen molar-refractivity contribution in [3.8, 4) is 0 Å². The van der Waals surface area contributed by atoms with E-state index in [-0.39, 0.29) is 43.4 Å². The van der Waals surface area contributed by atoms with Gasteiger partial charge in [0.25, 0.3) is 0 Å². The Labute approximate surface area is 181 Å². The molecule has 0 bridgehead atoms. The van der Waals surface area contributed by atoms with Crippen molar-refractivity contribution in [2.24, 2.45) is 0 Å². The second kappa shape index (κ2) is 11.0. The summed E-state index contributed by atoms with van der Waals surface area (Å²) in [5.41, 5.74) is 2.52. The molecule has 0 aromatic heterocycles. The van der Waals surface area contributed by atoms with E-state index in [9.17, 15) is 4.79 Å². The first-order valence-electron chi connectivity index (χ1n) is 8.55. The second-order valence-electron chi connectivity index (χ2n) is 6.57. The molecule has 4 nitrogen and oxygen atoms in total. The van der Waals surface area contributed by atoms with Gasteiger partial charge in [0, 0.05) is 30.1 Å². The zero-order chi connectivity index (χ0) is 17.8. The number of nitrogens with zero attached hydrogens (tertiary/aromatic N) is 2. The van der Waals surface area contributed by atoms with E-state index in [0.29, 0.717) is 0 Å². The van der Waals surface area contributed by atoms with E-state index < -0.39 is 5.97 Å². The molecule has 1 aliphatic rings. The van der Waals surface area contributed by atoms with Gasteiger partial charge in [0.05, 0.1) is 12.6 Å². The van der Waals surface area contributed by atoms with Crippen molar-refractivity contribution in [3.63, 3.8) is 0 Å². The van der Waals surface area contributed by atoms with Crippen molar-refractivity contribution < 1.29 is 9.90 Å². The average Bonchev–Trinajstić information content (AvgIpc) is 2.60. The van der Waals surface area contributed by atoms with Gasteiger partial charge in [0.1, 0.15) is 0 Å². The van der Waals surface area contributed by atoms with E-state index in [1.807, 2.05) is 11.0 Å². The molecule has 0 saturated carbocycles. The number of aliphatic carboxylic acids is 1. The Bertz CT molecular complexity index is 716. The smallest absolute Gasteiger partial charge is 0.317 e. The van der Waals surface area contributed by atoms with Crippen LogP contribution < -0.4 is 0 Å². The lowest BCUT2D eigenvalue weighted by Crippen LogP contribution is -2.54. The second-order valence-corrected chi connectivity index (χ2v) is 7.49. The SMILES string of the molecule is CC1CN([C@H](c2ccccc2)c2ccc(Br)cc2)CCN1CC(=O)O.Cl.Cl. The Kier molecular flexibility index (Phi) is 9.77. The number of hydrogen-bond donors (Lipinski definition) is 1. The van der Waals surface area contributed by atoms with Crippen molar-refractivity contribution in [1.29, 1.82) is 0 Å². The normalized spacial score (nSPS) is 18.8.